The first-order chi connectivity index (χ1) is 13.7. The van der Waals surface area contributed by atoms with E-state index in [-0.39, 0.29) is 0 Å². The molecule has 1 saturated heterocycles. The van der Waals surface area contributed by atoms with Gasteiger partial charge in [-0.2, -0.15) is 5.10 Å². The lowest BCUT2D eigenvalue weighted by molar-refractivity contribution is 0.0376. The molecule has 3 N–H and O–H groups in total. The second-order valence-electron chi connectivity index (χ2n) is 6.10. The van der Waals surface area contributed by atoms with Crippen molar-refractivity contribution in [3.8, 4) is 0 Å². The first-order valence-corrected chi connectivity index (χ1v) is 10.7. The molecule has 0 spiro atoms. The third-order valence-electron chi connectivity index (χ3n) is 4.02. The van der Waals surface area contributed by atoms with E-state index in [0.29, 0.717) is 15.4 Å². The lowest BCUT2D eigenvalue weighted by Gasteiger charge is -2.26. The Balaban J connectivity index is 1.37. The zero-order chi connectivity index (χ0) is 19.6. The van der Waals surface area contributed by atoms with Gasteiger partial charge in [-0.15, -0.1) is 0 Å². The Kier molecular flexibility index (Phi) is 8.43. The van der Waals surface area contributed by atoms with E-state index >= 15 is 0 Å². The van der Waals surface area contributed by atoms with Crippen LogP contribution in [0.2, 0.25) is 5.15 Å². The summed E-state index contributed by atoms with van der Waals surface area (Å²) in [6, 6.07) is 9.81. The van der Waals surface area contributed by atoms with Crippen LogP contribution in [0.4, 0.5) is 10.8 Å². The van der Waals surface area contributed by atoms with Gasteiger partial charge in [-0.05, 0) is 37.3 Å². The van der Waals surface area contributed by atoms with Crippen molar-refractivity contribution in [2.75, 3.05) is 44.7 Å². The molecular formula is C18H23ClN6OS2. The number of nitrogens with zero attached hydrogens (tertiary/aromatic N) is 3. The van der Waals surface area contributed by atoms with Gasteiger partial charge in [0, 0.05) is 25.3 Å². The number of hydrogen-bond acceptors (Lipinski definition) is 7. The number of ether oxygens (including phenoxy) is 1. The lowest BCUT2D eigenvalue weighted by Crippen LogP contribution is -2.39. The first-order valence-electron chi connectivity index (χ1n) is 9.06. The quantitative estimate of drug-likeness (QED) is 0.253. The first kappa shape index (κ1) is 20.9. The number of anilines is 2. The van der Waals surface area contributed by atoms with Crippen LogP contribution in [0.15, 0.2) is 35.4 Å². The molecule has 1 fully saturated rings. The Morgan fingerprint density at radius 2 is 2.11 bits per heavy atom. The summed E-state index contributed by atoms with van der Waals surface area (Å²) in [4.78, 5) is 7.45. The highest BCUT2D eigenvalue weighted by atomic mass is 35.5. The van der Waals surface area contributed by atoms with E-state index in [2.05, 4.69) is 31.0 Å². The molecule has 1 aromatic carbocycles. The van der Waals surface area contributed by atoms with E-state index in [0.717, 1.165) is 56.4 Å². The van der Waals surface area contributed by atoms with E-state index in [1.807, 2.05) is 30.3 Å². The van der Waals surface area contributed by atoms with Crippen molar-refractivity contribution in [1.82, 2.24) is 20.6 Å². The van der Waals surface area contributed by atoms with Gasteiger partial charge in [-0.3, -0.25) is 10.3 Å². The van der Waals surface area contributed by atoms with Crippen LogP contribution in [0.1, 0.15) is 11.3 Å². The number of thiazole rings is 1. The van der Waals surface area contributed by atoms with Crippen molar-refractivity contribution in [3.63, 3.8) is 0 Å². The number of aromatic nitrogens is 1. The van der Waals surface area contributed by atoms with Gasteiger partial charge in [0.1, 0.15) is 0 Å². The molecule has 0 unspecified atom stereocenters. The number of para-hydroxylation sites is 1. The van der Waals surface area contributed by atoms with E-state index < -0.39 is 0 Å². The van der Waals surface area contributed by atoms with Crippen molar-refractivity contribution in [1.29, 1.82) is 0 Å². The minimum Gasteiger partial charge on any atom is -0.379 e. The van der Waals surface area contributed by atoms with Gasteiger partial charge in [0.25, 0.3) is 0 Å². The Bertz CT molecular complexity index is 780. The Morgan fingerprint density at radius 3 is 2.89 bits per heavy atom. The van der Waals surface area contributed by atoms with Crippen molar-refractivity contribution in [2.24, 2.45) is 5.10 Å². The third kappa shape index (κ3) is 6.99. The van der Waals surface area contributed by atoms with Crippen LogP contribution in [-0.2, 0) is 4.74 Å². The Hall–Kier alpha value is -1.78. The normalized spacial score (nSPS) is 14.9. The van der Waals surface area contributed by atoms with Gasteiger partial charge in [0.15, 0.2) is 15.4 Å². The smallest absolute Gasteiger partial charge is 0.189 e. The maximum atomic E-state index is 6.18. The van der Waals surface area contributed by atoms with Gasteiger partial charge in [0.2, 0.25) is 0 Å². The molecule has 0 aliphatic carbocycles. The largest absolute Gasteiger partial charge is 0.379 e. The summed E-state index contributed by atoms with van der Waals surface area (Å²) in [6.45, 7) is 5.49. The minimum atomic E-state index is 0.401. The summed E-state index contributed by atoms with van der Waals surface area (Å²) < 4.78 is 5.34. The standard InChI is InChI=1S/C18H23ClN6OS2/c19-16-15(28-18(23-16)22-14-5-2-1-3-6-14)13-21-24-17(27)20-7-4-8-25-9-11-26-12-10-25/h1-3,5-6,13H,4,7-12H2,(H,22,23)(H2,20,24,27)/b21-13+. The molecule has 3 rings (SSSR count). The van der Waals surface area contributed by atoms with E-state index in [1.165, 1.54) is 11.3 Å². The molecular weight excluding hydrogens is 416 g/mol. The fraction of sp³-hybridized carbons (Fsp3) is 0.389. The predicted octanol–water partition coefficient (Wildman–Crippen LogP) is 3.06. The van der Waals surface area contributed by atoms with Crippen molar-refractivity contribution in [3.05, 3.63) is 40.4 Å². The maximum Gasteiger partial charge on any atom is 0.189 e. The topological polar surface area (TPSA) is 73.8 Å². The molecule has 2 heterocycles. The number of halogens is 1. The number of benzene rings is 1. The average Bonchev–Trinajstić information content (AvgIpc) is 3.06. The second kappa shape index (κ2) is 11.3. The van der Waals surface area contributed by atoms with E-state index in [1.54, 1.807) is 6.21 Å². The highest BCUT2D eigenvalue weighted by Crippen LogP contribution is 2.27. The zero-order valence-corrected chi connectivity index (χ0v) is 17.7. The Labute approximate surface area is 179 Å². The van der Waals surface area contributed by atoms with Crippen LogP contribution in [0, 0.1) is 0 Å². The van der Waals surface area contributed by atoms with Crippen molar-refractivity contribution in [2.45, 2.75) is 6.42 Å². The van der Waals surface area contributed by atoms with Crippen LogP contribution in [0.5, 0.6) is 0 Å². The molecule has 0 amide bonds. The van der Waals surface area contributed by atoms with Gasteiger partial charge in [0.05, 0.1) is 24.3 Å². The Morgan fingerprint density at radius 1 is 1.32 bits per heavy atom. The molecule has 1 aliphatic rings. The molecule has 10 heteroatoms. The number of hydrazone groups is 1. The van der Waals surface area contributed by atoms with Crippen LogP contribution >= 0.6 is 35.2 Å². The molecule has 2 aromatic rings. The summed E-state index contributed by atoms with van der Waals surface area (Å²) in [5.41, 5.74) is 3.77. The molecule has 1 aliphatic heterocycles. The van der Waals surface area contributed by atoms with Gasteiger partial charge in [-0.25, -0.2) is 4.98 Å². The second-order valence-corrected chi connectivity index (χ2v) is 7.90. The summed E-state index contributed by atoms with van der Waals surface area (Å²) in [5, 5.41) is 12.1. The van der Waals surface area contributed by atoms with E-state index in [4.69, 9.17) is 28.6 Å². The fourth-order valence-electron chi connectivity index (χ4n) is 2.61. The molecule has 0 radical (unpaired) electrons. The molecule has 28 heavy (non-hydrogen) atoms. The fourth-order valence-corrected chi connectivity index (χ4v) is 3.81. The predicted molar refractivity (Wildman–Crippen MR) is 120 cm³/mol. The van der Waals surface area contributed by atoms with Crippen LogP contribution < -0.4 is 16.1 Å². The minimum absolute atomic E-state index is 0.401. The molecule has 0 atom stereocenters. The molecule has 1 aromatic heterocycles. The lowest BCUT2D eigenvalue weighted by atomic mass is 10.3. The number of morpholine rings is 1. The number of nitrogens with one attached hydrogen (secondary N) is 3. The molecule has 0 bridgehead atoms. The maximum absolute atomic E-state index is 6.18. The van der Waals surface area contributed by atoms with E-state index in [9.17, 15) is 0 Å². The number of thiocarbonyl (C=S) groups is 1. The highest BCUT2D eigenvalue weighted by Gasteiger charge is 2.09. The summed E-state index contributed by atoms with van der Waals surface area (Å²) in [7, 11) is 0. The summed E-state index contributed by atoms with van der Waals surface area (Å²) >= 11 is 12.8. The monoisotopic (exact) mass is 438 g/mol. The van der Waals surface area contributed by atoms with Gasteiger partial charge < -0.3 is 15.4 Å². The molecule has 150 valence electrons. The van der Waals surface area contributed by atoms with Crippen molar-refractivity contribution < 1.29 is 4.74 Å². The SMILES string of the molecule is S=C(NCCCN1CCOCC1)N/N=C/c1sc(Nc2ccccc2)nc1Cl. The summed E-state index contributed by atoms with van der Waals surface area (Å²) in [6.07, 6.45) is 2.64. The van der Waals surface area contributed by atoms with Crippen LogP contribution in [-0.4, -0.2) is 60.6 Å². The highest BCUT2D eigenvalue weighted by molar-refractivity contribution is 7.80. The van der Waals surface area contributed by atoms with Gasteiger partial charge in [-0.1, -0.05) is 41.1 Å². The van der Waals surface area contributed by atoms with Crippen LogP contribution in [0.25, 0.3) is 0 Å². The van der Waals surface area contributed by atoms with Gasteiger partial charge >= 0.3 is 0 Å². The van der Waals surface area contributed by atoms with Crippen molar-refractivity contribution >= 4 is 57.3 Å². The molecule has 0 saturated carbocycles. The third-order valence-corrected chi connectivity index (χ3v) is 5.56. The summed E-state index contributed by atoms with van der Waals surface area (Å²) in [5.74, 6) is 0. The molecule has 7 nitrogen and oxygen atoms in total. The zero-order valence-electron chi connectivity index (χ0n) is 15.4. The van der Waals surface area contributed by atoms with Crippen LogP contribution in [0.3, 0.4) is 0 Å². The number of rotatable bonds is 8. The number of hydrogen-bond donors (Lipinski definition) is 3. The average molecular weight is 439 g/mol.